The van der Waals surface area contributed by atoms with Crippen LogP contribution in [0, 0.1) is 0 Å². The predicted octanol–water partition coefficient (Wildman–Crippen LogP) is 1.82. The van der Waals surface area contributed by atoms with E-state index in [4.69, 9.17) is 10.5 Å². The number of guanidine groups is 1. The summed E-state index contributed by atoms with van der Waals surface area (Å²) in [5.41, 5.74) is 5.93. The SMILES string of the molecule is CC(C)NC(N)=NCC(c1cccs1)N1CCOC(C)C1. The molecule has 0 amide bonds. The number of thiophene rings is 1. The number of morpholine rings is 1. The van der Waals surface area contributed by atoms with E-state index in [1.807, 2.05) is 0 Å². The molecule has 1 fully saturated rings. The number of nitrogens with zero attached hydrogens (tertiary/aromatic N) is 2. The number of ether oxygens (including phenoxy) is 1. The van der Waals surface area contributed by atoms with Crippen molar-refractivity contribution in [1.29, 1.82) is 0 Å². The number of nitrogens with two attached hydrogens (primary N) is 1. The molecule has 3 N–H and O–H groups in total. The normalized spacial score (nSPS) is 22.5. The van der Waals surface area contributed by atoms with Crippen LogP contribution >= 0.6 is 11.3 Å². The topological polar surface area (TPSA) is 62.9 Å². The number of hydrogen-bond acceptors (Lipinski definition) is 4. The molecule has 1 aromatic heterocycles. The molecule has 5 nitrogen and oxygen atoms in total. The number of rotatable bonds is 5. The van der Waals surface area contributed by atoms with E-state index >= 15 is 0 Å². The Kier molecular flexibility index (Phi) is 6.02. The Morgan fingerprint density at radius 1 is 1.62 bits per heavy atom. The second-order valence-corrected chi connectivity index (χ2v) is 6.71. The van der Waals surface area contributed by atoms with Crippen molar-refractivity contribution in [2.24, 2.45) is 10.7 Å². The first-order valence-corrected chi connectivity index (χ1v) is 8.39. The summed E-state index contributed by atoms with van der Waals surface area (Å²) in [6.07, 6.45) is 0.274. The molecule has 2 atom stereocenters. The second kappa shape index (κ2) is 7.77. The van der Waals surface area contributed by atoms with Gasteiger partial charge in [-0.3, -0.25) is 9.89 Å². The van der Waals surface area contributed by atoms with Gasteiger partial charge in [-0.1, -0.05) is 6.07 Å². The molecule has 0 radical (unpaired) electrons. The highest BCUT2D eigenvalue weighted by Gasteiger charge is 2.26. The Bertz CT molecular complexity index is 447. The summed E-state index contributed by atoms with van der Waals surface area (Å²) in [7, 11) is 0. The molecule has 2 unspecified atom stereocenters. The van der Waals surface area contributed by atoms with Gasteiger partial charge in [0.05, 0.1) is 25.3 Å². The van der Waals surface area contributed by atoms with E-state index in [9.17, 15) is 0 Å². The van der Waals surface area contributed by atoms with Gasteiger partial charge in [0.25, 0.3) is 0 Å². The maximum absolute atomic E-state index is 5.93. The third-order valence-corrected chi connectivity index (χ3v) is 4.43. The Morgan fingerprint density at radius 2 is 2.43 bits per heavy atom. The molecule has 118 valence electrons. The number of hydrogen-bond donors (Lipinski definition) is 2. The van der Waals surface area contributed by atoms with E-state index < -0.39 is 0 Å². The Balaban J connectivity index is 2.06. The second-order valence-electron chi connectivity index (χ2n) is 5.73. The summed E-state index contributed by atoms with van der Waals surface area (Å²) >= 11 is 1.78. The van der Waals surface area contributed by atoms with Crippen LogP contribution in [-0.4, -0.2) is 49.2 Å². The fourth-order valence-corrected chi connectivity index (χ4v) is 3.37. The lowest BCUT2D eigenvalue weighted by molar-refractivity contribution is -0.0327. The Morgan fingerprint density at radius 3 is 3.05 bits per heavy atom. The maximum atomic E-state index is 5.93. The summed E-state index contributed by atoms with van der Waals surface area (Å²) < 4.78 is 5.64. The summed E-state index contributed by atoms with van der Waals surface area (Å²) in [5, 5.41) is 5.26. The molecule has 1 saturated heterocycles. The molecule has 0 aliphatic carbocycles. The maximum Gasteiger partial charge on any atom is 0.188 e. The first-order chi connectivity index (χ1) is 10.1. The van der Waals surface area contributed by atoms with E-state index in [2.05, 4.69) is 53.5 Å². The zero-order valence-corrected chi connectivity index (χ0v) is 13.9. The van der Waals surface area contributed by atoms with Gasteiger partial charge in [-0.15, -0.1) is 11.3 Å². The van der Waals surface area contributed by atoms with Crippen molar-refractivity contribution in [3.05, 3.63) is 22.4 Å². The average molecular weight is 310 g/mol. The fourth-order valence-electron chi connectivity index (χ4n) is 2.52. The third-order valence-electron chi connectivity index (χ3n) is 3.46. The summed E-state index contributed by atoms with van der Waals surface area (Å²) in [5.74, 6) is 0.521. The van der Waals surface area contributed by atoms with Gasteiger partial charge >= 0.3 is 0 Å². The van der Waals surface area contributed by atoms with Crippen LogP contribution in [0.1, 0.15) is 31.7 Å². The van der Waals surface area contributed by atoms with E-state index in [0.29, 0.717) is 18.5 Å². The van der Waals surface area contributed by atoms with Crippen molar-refractivity contribution >= 4 is 17.3 Å². The van der Waals surface area contributed by atoms with Gasteiger partial charge in [-0.2, -0.15) is 0 Å². The monoisotopic (exact) mass is 310 g/mol. The lowest BCUT2D eigenvalue weighted by atomic mass is 10.1. The number of nitrogens with one attached hydrogen (secondary N) is 1. The zero-order valence-electron chi connectivity index (χ0n) is 13.1. The van der Waals surface area contributed by atoms with Gasteiger partial charge < -0.3 is 15.8 Å². The molecule has 21 heavy (non-hydrogen) atoms. The smallest absolute Gasteiger partial charge is 0.188 e. The van der Waals surface area contributed by atoms with Gasteiger partial charge in [-0.05, 0) is 32.2 Å². The van der Waals surface area contributed by atoms with Crippen LogP contribution in [0.2, 0.25) is 0 Å². The van der Waals surface area contributed by atoms with Crippen molar-refractivity contribution in [1.82, 2.24) is 10.2 Å². The van der Waals surface area contributed by atoms with Crippen molar-refractivity contribution in [3.8, 4) is 0 Å². The summed E-state index contributed by atoms with van der Waals surface area (Å²) in [4.78, 5) is 8.32. The fraction of sp³-hybridized carbons (Fsp3) is 0.667. The molecular formula is C15H26N4OS. The molecule has 0 spiro atoms. The van der Waals surface area contributed by atoms with Crippen LogP contribution in [0.4, 0.5) is 0 Å². The molecular weight excluding hydrogens is 284 g/mol. The van der Waals surface area contributed by atoms with E-state index in [1.54, 1.807) is 11.3 Å². The molecule has 0 saturated carbocycles. The quantitative estimate of drug-likeness (QED) is 0.643. The Labute approximate surface area is 131 Å². The minimum absolute atomic E-state index is 0.274. The highest BCUT2D eigenvalue weighted by atomic mass is 32.1. The molecule has 6 heteroatoms. The standard InChI is InChI=1S/C15H26N4OS/c1-11(2)18-15(16)17-9-13(14-5-4-8-21-14)19-6-7-20-12(3)10-19/h4-5,8,11-13H,6-7,9-10H2,1-3H3,(H3,16,17,18). The van der Waals surface area contributed by atoms with Crippen molar-refractivity contribution in [2.45, 2.75) is 39.0 Å². The molecule has 0 bridgehead atoms. The lowest BCUT2D eigenvalue weighted by Crippen LogP contribution is -2.44. The van der Waals surface area contributed by atoms with Crippen LogP contribution in [0.5, 0.6) is 0 Å². The molecule has 0 aromatic carbocycles. The van der Waals surface area contributed by atoms with Crippen molar-refractivity contribution < 1.29 is 4.74 Å². The first-order valence-electron chi connectivity index (χ1n) is 7.51. The molecule has 2 heterocycles. The van der Waals surface area contributed by atoms with E-state index in [1.165, 1.54) is 4.88 Å². The number of aliphatic imine (C=N–C) groups is 1. The van der Waals surface area contributed by atoms with Crippen molar-refractivity contribution in [3.63, 3.8) is 0 Å². The van der Waals surface area contributed by atoms with Gasteiger partial charge in [0, 0.05) is 24.0 Å². The van der Waals surface area contributed by atoms with Crippen LogP contribution in [-0.2, 0) is 4.74 Å². The highest BCUT2D eigenvalue weighted by molar-refractivity contribution is 7.10. The van der Waals surface area contributed by atoms with Gasteiger partial charge in [0.15, 0.2) is 5.96 Å². The lowest BCUT2D eigenvalue weighted by Gasteiger charge is -2.36. The van der Waals surface area contributed by atoms with Gasteiger partial charge in [-0.25, -0.2) is 0 Å². The van der Waals surface area contributed by atoms with E-state index in [0.717, 1.165) is 19.7 Å². The van der Waals surface area contributed by atoms with Crippen LogP contribution < -0.4 is 11.1 Å². The van der Waals surface area contributed by atoms with Crippen LogP contribution in [0.15, 0.2) is 22.5 Å². The van der Waals surface area contributed by atoms with Crippen LogP contribution in [0.3, 0.4) is 0 Å². The molecule has 2 rings (SSSR count). The highest BCUT2D eigenvalue weighted by Crippen LogP contribution is 2.27. The van der Waals surface area contributed by atoms with Gasteiger partial charge in [0.1, 0.15) is 0 Å². The average Bonchev–Trinajstić information content (AvgIpc) is 2.92. The predicted molar refractivity (Wildman–Crippen MR) is 88.8 cm³/mol. The molecule has 1 aliphatic heterocycles. The zero-order chi connectivity index (χ0) is 15.2. The first kappa shape index (κ1) is 16.3. The van der Waals surface area contributed by atoms with Gasteiger partial charge in [0.2, 0.25) is 0 Å². The van der Waals surface area contributed by atoms with Crippen LogP contribution in [0.25, 0.3) is 0 Å². The third kappa shape index (κ3) is 4.98. The molecule has 1 aromatic rings. The Hall–Kier alpha value is -1.11. The molecule has 1 aliphatic rings. The minimum Gasteiger partial charge on any atom is -0.376 e. The van der Waals surface area contributed by atoms with E-state index in [-0.39, 0.29) is 12.1 Å². The minimum atomic E-state index is 0.274. The largest absolute Gasteiger partial charge is 0.376 e. The summed E-state index contributed by atoms with van der Waals surface area (Å²) in [6.45, 7) is 9.59. The van der Waals surface area contributed by atoms with Crippen molar-refractivity contribution in [2.75, 3.05) is 26.2 Å². The summed E-state index contributed by atoms with van der Waals surface area (Å²) in [6, 6.07) is 4.86.